The average molecular weight is 363 g/mol. The first-order valence-corrected chi connectivity index (χ1v) is 10.4. The minimum atomic E-state index is -0.148. The van der Waals surface area contributed by atoms with E-state index in [1.54, 1.807) is 0 Å². The number of fused-ring (bicyclic) bond motifs is 1. The van der Waals surface area contributed by atoms with Gasteiger partial charge in [0.1, 0.15) is 6.10 Å². The summed E-state index contributed by atoms with van der Waals surface area (Å²) in [5, 5.41) is 0. The van der Waals surface area contributed by atoms with Gasteiger partial charge in [0.25, 0.3) is 0 Å². The lowest BCUT2D eigenvalue weighted by molar-refractivity contribution is -0.151. The predicted octanol–water partition coefficient (Wildman–Crippen LogP) is 5.89. The average Bonchev–Trinajstić information content (AvgIpc) is 2.90. The lowest BCUT2D eigenvalue weighted by Crippen LogP contribution is -2.35. The first-order valence-electron chi connectivity index (χ1n) is 10.4. The van der Waals surface area contributed by atoms with Gasteiger partial charge < -0.3 is 4.74 Å². The third-order valence-electron chi connectivity index (χ3n) is 5.77. The molecule has 2 rings (SSSR count). The summed E-state index contributed by atoms with van der Waals surface area (Å²) >= 11 is 0. The number of hydrogen-bond donors (Lipinski definition) is 0. The molecule has 0 bridgehead atoms. The van der Waals surface area contributed by atoms with Crippen molar-refractivity contribution in [1.29, 1.82) is 0 Å². The molecule has 0 aromatic rings. The molecule has 0 N–H and O–H groups in total. The fourth-order valence-corrected chi connectivity index (χ4v) is 4.15. The zero-order valence-electron chi connectivity index (χ0n) is 17.8. The van der Waals surface area contributed by atoms with Gasteiger partial charge in [0.2, 0.25) is 0 Å². The highest BCUT2D eigenvalue weighted by molar-refractivity contribution is 5.98. The number of hydrogen-bond acceptors (Lipinski definition) is 3. The van der Waals surface area contributed by atoms with E-state index in [9.17, 15) is 9.59 Å². The lowest BCUT2D eigenvalue weighted by Gasteiger charge is -2.39. The smallest absolute Gasteiger partial charge is 0.306 e. The van der Waals surface area contributed by atoms with E-state index in [1.165, 1.54) is 5.57 Å². The van der Waals surface area contributed by atoms with E-state index in [0.717, 1.165) is 25.7 Å². The highest BCUT2D eigenvalue weighted by Crippen LogP contribution is 2.51. The summed E-state index contributed by atoms with van der Waals surface area (Å²) in [6.45, 7) is 14.6. The molecule has 0 heterocycles. The maximum Gasteiger partial charge on any atom is 0.306 e. The van der Waals surface area contributed by atoms with Crippen molar-refractivity contribution in [3.8, 4) is 0 Å². The van der Waals surface area contributed by atoms with E-state index in [1.807, 2.05) is 19.9 Å². The van der Waals surface area contributed by atoms with Crippen LogP contribution in [0, 0.1) is 23.2 Å². The van der Waals surface area contributed by atoms with Crippen LogP contribution in [-0.2, 0) is 14.3 Å². The van der Waals surface area contributed by atoms with Crippen LogP contribution in [0.2, 0.25) is 0 Å². The lowest BCUT2D eigenvalue weighted by atomic mass is 9.66. The summed E-state index contributed by atoms with van der Waals surface area (Å²) in [5.74, 6) is 0.647. The molecule has 0 aliphatic heterocycles. The standard InChI is InChI=1S/C21H32O3.C2H6/c1-6-19(24-20(23)11-10-14(2)3)15(4)17-13-18(22)16-9-7-8-12-21(16,17)5;1-2/h7,9,13-16,19H,6,8,10-12H2,1-5H3;1-2H3/t15?,16?,19?,21-;/m0./s1. The largest absolute Gasteiger partial charge is 0.462 e. The molecule has 0 saturated carbocycles. The second kappa shape index (κ2) is 10.1. The van der Waals surface area contributed by atoms with Crippen LogP contribution in [0.15, 0.2) is 23.8 Å². The molecule has 0 fully saturated rings. The number of ketones is 1. The minimum Gasteiger partial charge on any atom is -0.462 e. The molecule has 2 aliphatic carbocycles. The minimum absolute atomic E-state index is 0.0298. The van der Waals surface area contributed by atoms with Crippen molar-refractivity contribution in [1.82, 2.24) is 0 Å². The van der Waals surface area contributed by atoms with Crippen LogP contribution in [0.4, 0.5) is 0 Å². The topological polar surface area (TPSA) is 43.4 Å². The molecule has 0 aromatic heterocycles. The summed E-state index contributed by atoms with van der Waals surface area (Å²) in [7, 11) is 0. The fraction of sp³-hybridized carbons (Fsp3) is 0.739. The Bertz CT molecular complexity index is 544. The molecule has 3 heteroatoms. The Hall–Kier alpha value is -1.38. The Morgan fingerprint density at radius 3 is 2.54 bits per heavy atom. The van der Waals surface area contributed by atoms with Gasteiger partial charge in [-0.2, -0.15) is 0 Å². The maximum atomic E-state index is 12.4. The van der Waals surface area contributed by atoms with Crippen molar-refractivity contribution < 1.29 is 14.3 Å². The third-order valence-corrected chi connectivity index (χ3v) is 5.77. The molecule has 0 spiro atoms. The Labute approximate surface area is 160 Å². The van der Waals surface area contributed by atoms with E-state index in [4.69, 9.17) is 4.74 Å². The number of carbonyl (C=O) groups is 2. The van der Waals surface area contributed by atoms with Gasteiger partial charge in [-0.15, -0.1) is 0 Å². The molecule has 148 valence electrons. The van der Waals surface area contributed by atoms with Crippen molar-refractivity contribution >= 4 is 11.8 Å². The molecular formula is C23H38O3. The van der Waals surface area contributed by atoms with E-state index < -0.39 is 0 Å². The number of ether oxygens (including phenoxy) is 1. The summed E-state index contributed by atoms with van der Waals surface area (Å²) in [6, 6.07) is 0. The highest BCUT2D eigenvalue weighted by Gasteiger charge is 2.48. The van der Waals surface area contributed by atoms with Crippen molar-refractivity contribution in [3.63, 3.8) is 0 Å². The number of allylic oxidation sites excluding steroid dienone is 3. The first-order chi connectivity index (χ1) is 12.3. The van der Waals surface area contributed by atoms with Crippen LogP contribution < -0.4 is 0 Å². The molecule has 3 unspecified atom stereocenters. The predicted molar refractivity (Wildman–Crippen MR) is 108 cm³/mol. The molecular weight excluding hydrogens is 324 g/mol. The Kier molecular flexibility index (Phi) is 8.79. The van der Waals surface area contributed by atoms with Crippen molar-refractivity contribution in [2.75, 3.05) is 0 Å². The van der Waals surface area contributed by atoms with Gasteiger partial charge in [0.15, 0.2) is 5.78 Å². The molecule has 0 radical (unpaired) electrons. The van der Waals surface area contributed by atoms with Gasteiger partial charge in [0.05, 0.1) is 0 Å². The van der Waals surface area contributed by atoms with Gasteiger partial charge in [-0.3, -0.25) is 9.59 Å². The van der Waals surface area contributed by atoms with Crippen molar-refractivity contribution in [3.05, 3.63) is 23.8 Å². The van der Waals surface area contributed by atoms with Crippen LogP contribution >= 0.6 is 0 Å². The summed E-state index contributed by atoms with van der Waals surface area (Å²) in [4.78, 5) is 24.5. The SMILES string of the molecule is CC.CCC(OC(=O)CCC(C)C)C(C)C1=CC(=O)C2C=CCC[C@]12C. The van der Waals surface area contributed by atoms with E-state index >= 15 is 0 Å². The summed E-state index contributed by atoms with van der Waals surface area (Å²) in [6.07, 6.45) is 9.98. The van der Waals surface area contributed by atoms with Crippen LogP contribution in [0.5, 0.6) is 0 Å². The fourth-order valence-electron chi connectivity index (χ4n) is 4.15. The van der Waals surface area contributed by atoms with E-state index in [-0.39, 0.29) is 35.1 Å². The monoisotopic (exact) mass is 362 g/mol. The van der Waals surface area contributed by atoms with Gasteiger partial charge in [0, 0.05) is 23.7 Å². The van der Waals surface area contributed by atoms with Crippen LogP contribution in [-0.4, -0.2) is 17.9 Å². The van der Waals surface area contributed by atoms with Gasteiger partial charge in [-0.05, 0) is 37.7 Å². The maximum absolute atomic E-state index is 12.4. The van der Waals surface area contributed by atoms with Crippen LogP contribution in [0.3, 0.4) is 0 Å². The van der Waals surface area contributed by atoms with Crippen molar-refractivity contribution in [2.24, 2.45) is 23.2 Å². The number of rotatable bonds is 7. The zero-order valence-corrected chi connectivity index (χ0v) is 17.8. The number of carbonyl (C=O) groups excluding carboxylic acids is 2. The second-order valence-corrected chi connectivity index (χ2v) is 8.02. The summed E-state index contributed by atoms with van der Waals surface area (Å²) < 4.78 is 5.78. The van der Waals surface area contributed by atoms with E-state index in [0.29, 0.717) is 12.3 Å². The molecule has 0 saturated heterocycles. The van der Waals surface area contributed by atoms with Gasteiger partial charge >= 0.3 is 5.97 Å². The Balaban J connectivity index is 0.00000163. The van der Waals surface area contributed by atoms with Gasteiger partial charge in [-0.25, -0.2) is 0 Å². The van der Waals surface area contributed by atoms with E-state index in [2.05, 4.69) is 46.8 Å². The van der Waals surface area contributed by atoms with Gasteiger partial charge in [-0.1, -0.05) is 66.2 Å². The summed E-state index contributed by atoms with van der Waals surface area (Å²) in [5.41, 5.74) is 1.06. The van der Waals surface area contributed by atoms with Crippen LogP contribution in [0.1, 0.15) is 80.6 Å². The molecule has 4 atom stereocenters. The molecule has 0 aromatic carbocycles. The Morgan fingerprint density at radius 1 is 1.31 bits per heavy atom. The number of esters is 1. The third kappa shape index (κ3) is 5.08. The normalized spacial score (nSPS) is 26.5. The molecule has 0 amide bonds. The Morgan fingerprint density at radius 2 is 1.96 bits per heavy atom. The van der Waals surface area contributed by atoms with Crippen molar-refractivity contribution in [2.45, 2.75) is 86.7 Å². The molecule has 3 nitrogen and oxygen atoms in total. The zero-order chi connectivity index (χ0) is 19.9. The molecule has 2 aliphatic rings. The first kappa shape index (κ1) is 22.7. The second-order valence-electron chi connectivity index (χ2n) is 8.02. The van der Waals surface area contributed by atoms with Crippen LogP contribution in [0.25, 0.3) is 0 Å². The quantitative estimate of drug-likeness (QED) is 0.419. The molecule has 26 heavy (non-hydrogen) atoms. The highest BCUT2D eigenvalue weighted by atomic mass is 16.5.